The Morgan fingerprint density at radius 1 is 1.05 bits per heavy atom. The molecular formula is C31H42N2O5. The molecule has 38 heavy (non-hydrogen) atoms. The summed E-state index contributed by atoms with van der Waals surface area (Å²) in [5.41, 5.74) is 2.03. The molecule has 3 fully saturated rings. The minimum absolute atomic E-state index is 0.0619. The molecule has 4 aliphatic rings. The van der Waals surface area contributed by atoms with E-state index in [1.54, 1.807) is 19.1 Å². The summed E-state index contributed by atoms with van der Waals surface area (Å²) >= 11 is 0. The summed E-state index contributed by atoms with van der Waals surface area (Å²) in [6.45, 7) is 6.53. The van der Waals surface area contributed by atoms with Gasteiger partial charge in [-0.3, -0.25) is 9.59 Å². The van der Waals surface area contributed by atoms with Crippen LogP contribution in [0.4, 0.5) is 0 Å². The first-order valence-corrected chi connectivity index (χ1v) is 14.2. The number of nitrogens with one attached hydrogen (secondary N) is 1. The lowest BCUT2D eigenvalue weighted by atomic mass is 9.46. The average Bonchev–Trinajstić information content (AvgIpc) is 3.17. The molecule has 206 valence electrons. The van der Waals surface area contributed by atoms with Crippen molar-refractivity contribution in [2.24, 2.45) is 33.7 Å². The monoisotopic (exact) mass is 522 g/mol. The molecule has 3 saturated carbocycles. The first kappa shape index (κ1) is 26.9. The minimum Gasteiger partial charge on any atom is -0.508 e. The van der Waals surface area contributed by atoms with Crippen LogP contribution >= 0.6 is 0 Å². The minimum atomic E-state index is -1.17. The van der Waals surface area contributed by atoms with Crippen molar-refractivity contribution in [1.29, 1.82) is 0 Å². The number of carbonyl (C=O) groups excluding carboxylic acids is 2. The zero-order valence-electron chi connectivity index (χ0n) is 23.0. The number of oxime groups is 1. The van der Waals surface area contributed by atoms with Crippen LogP contribution in [-0.2, 0) is 20.8 Å². The third kappa shape index (κ3) is 4.57. The lowest BCUT2D eigenvalue weighted by molar-refractivity contribution is -0.159. The smallest absolute Gasteiger partial charge is 0.260 e. The maximum absolute atomic E-state index is 12.4. The van der Waals surface area contributed by atoms with Gasteiger partial charge in [-0.2, -0.15) is 0 Å². The Labute approximate surface area is 225 Å². The lowest BCUT2D eigenvalue weighted by Crippen LogP contribution is -2.57. The van der Waals surface area contributed by atoms with Gasteiger partial charge >= 0.3 is 0 Å². The van der Waals surface area contributed by atoms with Gasteiger partial charge in [0.2, 0.25) is 0 Å². The topological polar surface area (TPSA) is 108 Å². The second-order valence-corrected chi connectivity index (χ2v) is 12.5. The van der Waals surface area contributed by atoms with E-state index in [0.717, 1.165) is 56.2 Å². The Morgan fingerprint density at radius 3 is 2.53 bits per heavy atom. The van der Waals surface area contributed by atoms with Gasteiger partial charge in [-0.1, -0.05) is 36.7 Å². The van der Waals surface area contributed by atoms with Crippen molar-refractivity contribution in [1.82, 2.24) is 5.32 Å². The van der Waals surface area contributed by atoms with Gasteiger partial charge in [-0.05, 0) is 112 Å². The molecule has 6 atom stereocenters. The van der Waals surface area contributed by atoms with Crippen LogP contribution in [0, 0.1) is 28.6 Å². The van der Waals surface area contributed by atoms with E-state index in [-0.39, 0.29) is 34.9 Å². The Morgan fingerprint density at radius 2 is 1.79 bits per heavy atom. The fraction of sp³-hybridized carbons (Fsp3) is 0.645. The molecule has 1 amide bonds. The number of fused-ring (bicyclic) bond motifs is 5. The highest BCUT2D eigenvalue weighted by Gasteiger charge is 2.65. The average molecular weight is 523 g/mol. The first-order valence-electron chi connectivity index (χ1n) is 14.2. The van der Waals surface area contributed by atoms with Crippen molar-refractivity contribution >= 4 is 17.4 Å². The molecule has 0 radical (unpaired) electrons. The molecule has 0 saturated heterocycles. The number of benzene rings is 1. The van der Waals surface area contributed by atoms with Crippen LogP contribution < -0.4 is 5.32 Å². The van der Waals surface area contributed by atoms with E-state index in [1.165, 1.54) is 5.57 Å². The SMILES string of the molecule is CC(=O)[C@@]1(O)CC[C@H]2[C@@H]3CCC4=C/C(=N/OCC(=O)NCCc5ccc(O)cc5)CC[C@]4(C)[C@H]3CC[C@@]21C. The number of ketones is 1. The zero-order valence-corrected chi connectivity index (χ0v) is 23.0. The molecule has 7 heteroatoms. The lowest BCUT2D eigenvalue weighted by Gasteiger charge is -2.59. The predicted octanol–water partition coefficient (Wildman–Crippen LogP) is 4.71. The number of nitrogens with zero attached hydrogens (tertiary/aromatic N) is 1. The van der Waals surface area contributed by atoms with Gasteiger partial charge in [-0.25, -0.2) is 0 Å². The number of phenolic OH excluding ortho intramolecular Hbond substituents is 1. The molecule has 1 aromatic carbocycles. The van der Waals surface area contributed by atoms with Gasteiger partial charge < -0.3 is 20.4 Å². The van der Waals surface area contributed by atoms with Crippen molar-refractivity contribution in [3.05, 3.63) is 41.5 Å². The number of aromatic hydroxyl groups is 1. The molecule has 7 nitrogen and oxygen atoms in total. The molecular weight excluding hydrogens is 480 g/mol. The summed E-state index contributed by atoms with van der Waals surface area (Å²) in [4.78, 5) is 30.0. The summed E-state index contributed by atoms with van der Waals surface area (Å²) in [7, 11) is 0. The van der Waals surface area contributed by atoms with Crippen molar-refractivity contribution in [3.63, 3.8) is 0 Å². The van der Waals surface area contributed by atoms with E-state index in [4.69, 9.17) is 4.84 Å². The summed E-state index contributed by atoms with van der Waals surface area (Å²) in [5.74, 6) is 1.48. The molecule has 1 aromatic rings. The third-order valence-corrected chi connectivity index (χ3v) is 10.8. The maximum atomic E-state index is 12.4. The summed E-state index contributed by atoms with van der Waals surface area (Å²) in [6, 6.07) is 6.96. The Kier molecular flexibility index (Phi) is 7.18. The molecule has 0 unspecified atom stereocenters. The number of Topliss-reactive ketones (excluding diaryl/α,β-unsaturated/α-hetero) is 1. The molecule has 3 N–H and O–H groups in total. The van der Waals surface area contributed by atoms with Crippen LogP contribution in [0.3, 0.4) is 0 Å². The van der Waals surface area contributed by atoms with Crippen molar-refractivity contribution in [2.45, 2.75) is 84.2 Å². The molecule has 0 aromatic heterocycles. The van der Waals surface area contributed by atoms with Crippen molar-refractivity contribution in [2.75, 3.05) is 13.2 Å². The zero-order chi connectivity index (χ0) is 27.1. The fourth-order valence-electron chi connectivity index (χ4n) is 8.47. The fourth-order valence-corrected chi connectivity index (χ4v) is 8.47. The number of aliphatic hydroxyl groups is 1. The number of hydrogen-bond donors (Lipinski definition) is 3. The highest BCUT2D eigenvalue weighted by atomic mass is 16.6. The quantitative estimate of drug-likeness (QED) is 0.450. The van der Waals surface area contributed by atoms with Crippen LogP contribution in [-0.4, -0.2) is 46.4 Å². The van der Waals surface area contributed by atoms with Gasteiger partial charge in [0.25, 0.3) is 5.91 Å². The molecule has 0 spiro atoms. The van der Waals surface area contributed by atoms with Gasteiger partial charge in [-0.15, -0.1) is 0 Å². The van der Waals surface area contributed by atoms with Gasteiger partial charge in [0.05, 0.1) is 5.71 Å². The second kappa shape index (κ2) is 10.1. The predicted molar refractivity (Wildman–Crippen MR) is 146 cm³/mol. The highest BCUT2D eigenvalue weighted by molar-refractivity contribution is 5.96. The number of amides is 1. The summed E-state index contributed by atoms with van der Waals surface area (Å²) in [5, 5.41) is 27.9. The van der Waals surface area contributed by atoms with E-state index in [2.05, 4.69) is 30.4 Å². The van der Waals surface area contributed by atoms with Crippen LogP contribution in [0.1, 0.15) is 77.7 Å². The van der Waals surface area contributed by atoms with E-state index >= 15 is 0 Å². The molecule has 0 bridgehead atoms. The first-order chi connectivity index (χ1) is 18.1. The van der Waals surface area contributed by atoms with E-state index in [0.29, 0.717) is 37.1 Å². The largest absolute Gasteiger partial charge is 0.508 e. The van der Waals surface area contributed by atoms with Gasteiger partial charge in [0, 0.05) is 12.0 Å². The van der Waals surface area contributed by atoms with Crippen molar-refractivity contribution in [3.8, 4) is 5.75 Å². The van der Waals surface area contributed by atoms with Crippen LogP contribution in [0.15, 0.2) is 41.1 Å². The molecule has 5 rings (SSSR count). The maximum Gasteiger partial charge on any atom is 0.260 e. The summed E-state index contributed by atoms with van der Waals surface area (Å²) in [6.07, 6.45) is 10.3. The van der Waals surface area contributed by atoms with Gasteiger partial charge in [0.15, 0.2) is 12.4 Å². The second-order valence-electron chi connectivity index (χ2n) is 12.5. The van der Waals surface area contributed by atoms with Crippen LogP contribution in [0.25, 0.3) is 0 Å². The number of allylic oxidation sites excluding steroid dienone is 2. The molecule has 4 aliphatic carbocycles. The third-order valence-electron chi connectivity index (χ3n) is 10.8. The number of hydrogen-bond acceptors (Lipinski definition) is 6. The van der Waals surface area contributed by atoms with Crippen LogP contribution in [0.2, 0.25) is 0 Å². The van der Waals surface area contributed by atoms with Crippen LogP contribution in [0.5, 0.6) is 5.75 Å². The Bertz CT molecular complexity index is 1140. The van der Waals surface area contributed by atoms with Crippen molar-refractivity contribution < 1.29 is 24.6 Å². The standard InChI is InChI=1S/C31H42N2O5/c1-20(34)31(37)16-12-27-25-9-6-22-18-23(10-14-29(22,2)26(25)11-15-30(27,31)3)33-38-19-28(36)32-17-13-21-4-7-24(35)8-5-21/h4-5,7-8,18,25-27,35,37H,6,9-17,19H2,1-3H3,(H,32,36)/b33-23+/t25-,26+,27+,29+,30+,31+/m1/s1. The Balaban J connectivity index is 1.16. The summed E-state index contributed by atoms with van der Waals surface area (Å²) < 4.78 is 0. The normalized spacial score (nSPS) is 37.0. The highest BCUT2D eigenvalue weighted by Crippen LogP contribution is 2.67. The molecule has 0 aliphatic heterocycles. The number of phenols is 1. The van der Waals surface area contributed by atoms with Gasteiger partial charge in [0.1, 0.15) is 11.4 Å². The van der Waals surface area contributed by atoms with E-state index in [9.17, 15) is 19.8 Å². The molecule has 0 heterocycles. The van der Waals surface area contributed by atoms with E-state index < -0.39 is 5.60 Å². The number of carbonyl (C=O) groups is 2. The number of rotatable bonds is 7. The Hall–Kier alpha value is -2.67. The van der Waals surface area contributed by atoms with E-state index in [1.807, 2.05) is 12.1 Å².